The fraction of sp³-hybridized carbons (Fsp3) is 0.538. The smallest absolute Gasteiger partial charge is 0.115 e. The Bertz CT molecular complexity index is 340. The normalized spacial score (nSPS) is 16.8. The number of phenolic OH excluding ortho intramolecular Hbond substituents is 1. The number of rotatable bonds is 5. The summed E-state index contributed by atoms with van der Waals surface area (Å²) in [4.78, 5) is 0. The lowest BCUT2D eigenvalue weighted by molar-refractivity contribution is -0.0201. The van der Waals surface area contributed by atoms with Gasteiger partial charge in [-0.25, -0.2) is 0 Å². The number of benzene rings is 1. The Hall–Kier alpha value is -1.06. The first-order valence-electron chi connectivity index (χ1n) is 5.71. The van der Waals surface area contributed by atoms with Gasteiger partial charge >= 0.3 is 0 Å². The summed E-state index contributed by atoms with van der Waals surface area (Å²) < 4.78 is 0. The Morgan fingerprint density at radius 1 is 1.44 bits per heavy atom. The van der Waals surface area contributed by atoms with Crippen molar-refractivity contribution in [1.29, 1.82) is 0 Å². The van der Waals surface area contributed by atoms with E-state index in [-0.39, 0.29) is 11.7 Å². The molecule has 1 aromatic rings. The summed E-state index contributed by atoms with van der Waals surface area (Å²) in [5.41, 5.74) is -0.111. The summed E-state index contributed by atoms with van der Waals surface area (Å²) in [6.07, 6.45) is 0.624. The fourth-order valence-corrected chi connectivity index (χ4v) is 2.09. The van der Waals surface area contributed by atoms with E-state index < -0.39 is 5.60 Å². The van der Waals surface area contributed by atoms with E-state index in [9.17, 15) is 10.2 Å². The van der Waals surface area contributed by atoms with Crippen molar-refractivity contribution in [1.82, 2.24) is 5.32 Å². The second-order valence-electron chi connectivity index (χ2n) is 4.29. The van der Waals surface area contributed by atoms with Gasteiger partial charge in [0.1, 0.15) is 5.75 Å². The van der Waals surface area contributed by atoms with Crippen molar-refractivity contribution >= 4 is 0 Å². The van der Waals surface area contributed by atoms with Crippen LogP contribution in [0.3, 0.4) is 0 Å². The van der Waals surface area contributed by atoms with E-state index in [4.69, 9.17) is 0 Å². The van der Waals surface area contributed by atoms with E-state index >= 15 is 0 Å². The predicted octanol–water partition coefficient (Wildman–Crippen LogP) is 1.85. The molecule has 0 bridgehead atoms. The van der Waals surface area contributed by atoms with Gasteiger partial charge in [0.15, 0.2) is 0 Å². The molecule has 16 heavy (non-hydrogen) atoms. The molecule has 3 heteroatoms. The Kier molecular flexibility index (Phi) is 4.33. The first-order valence-corrected chi connectivity index (χ1v) is 5.71. The van der Waals surface area contributed by atoms with Crippen LogP contribution in [0.5, 0.6) is 5.75 Å². The van der Waals surface area contributed by atoms with Crippen molar-refractivity contribution in [3.8, 4) is 5.75 Å². The molecule has 2 unspecified atom stereocenters. The van der Waals surface area contributed by atoms with Crippen LogP contribution in [0, 0.1) is 5.92 Å². The summed E-state index contributed by atoms with van der Waals surface area (Å²) in [5, 5.41) is 23.2. The Morgan fingerprint density at radius 2 is 2.12 bits per heavy atom. The van der Waals surface area contributed by atoms with Gasteiger partial charge in [-0.2, -0.15) is 0 Å². The molecular formula is C13H21NO2. The van der Waals surface area contributed by atoms with E-state index in [1.807, 2.05) is 27.0 Å². The van der Waals surface area contributed by atoms with E-state index in [0.29, 0.717) is 6.42 Å². The first-order chi connectivity index (χ1) is 7.54. The van der Waals surface area contributed by atoms with E-state index in [1.165, 1.54) is 0 Å². The zero-order valence-electron chi connectivity index (χ0n) is 10.2. The molecule has 0 radical (unpaired) electrons. The van der Waals surface area contributed by atoms with Crippen LogP contribution >= 0.6 is 0 Å². The number of aliphatic hydroxyl groups is 1. The molecule has 0 spiro atoms. The fourth-order valence-electron chi connectivity index (χ4n) is 2.09. The molecule has 0 amide bonds. The topological polar surface area (TPSA) is 52.5 Å². The maximum absolute atomic E-state index is 10.7. The van der Waals surface area contributed by atoms with E-state index in [1.54, 1.807) is 18.2 Å². The average Bonchev–Trinajstić information content (AvgIpc) is 2.28. The quantitative estimate of drug-likeness (QED) is 0.714. The molecular weight excluding hydrogens is 202 g/mol. The minimum atomic E-state index is -0.887. The zero-order valence-corrected chi connectivity index (χ0v) is 10.2. The number of phenols is 1. The molecule has 3 nitrogen and oxygen atoms in total. The summed E-state index contributed by atoms with van der Waals surface area (Å²) >= 11 is 0. The Morgan fingerprint density at radius 3 is 2.62 bits per heavy atom. The molecule has 1 aromatic carbocycles. The lowest BCUT2D eigenvalue weighted by Gasteiger charge is -2.34. The maximum Gasteiger partial charge on any atom is 0.115 e. The molecule has 0 fully saturated rings. The van der Waals surface area contributed by atoms with Crippen LogP contribution in [0.25, 0.3) is 0 Å². The van der Waals surface area contributed by atoms with Crippen LogP contribution in [-0.2, 0) is 5.60 Å². The van der Waals surface area contributed by atoms with Crippen LogP contribution in [0.15, 0.2) is 24.3 Å². The molecule has 3 N–H and O–H groups in total. The lowest BCUT2D eigenvalue weighted by atomic mass is 9.80. The third kappa shape index (κ3) is 2.54. The summed E-state index contributed by atoms with van der Waals surface area (Å²) in [6.45, 7) is 4.69. The maximum atomic E-state index is 10.7. The minimum Gasteiger partial charge on any atom is -0.508 e. The van der Waals surface area contributed by atoms with Crippen molar-refractivity contribution in [3.05, 3.63) is 29.8 Å². The molecule has 1 rings (SSSR count). The minimum absolute atomic E-state index is 0.0873. The van der Waals surface area contributed by atoms with Crippen LogP contribution in [0.1, 0.15) is 25.8 Å². The molecule has 2 atom stereocenters. The molecule has 0 heterocycles. The van der Waals surface area contributed by atoms with Gasteiger partial charge in [0, 0.05) is 12.5 Å². The van der Waals surface area contributed by atoms with Crippen LogP contribution in [0.4, 0.5) is 0 Å². The van der Waals surface area contributed by atoms with Crippen molar-refractivity contribution in [3.63, 3.8) is 0 Å². The molecule has 0 aliphatic rings. The standard InChI is InChI=1S/C13H21NO2/c1-4-13(16,10(2)9-14-3)11-6-5-7-12(15)8-11/h5-8,10,14-16H,4,9H2,1-3H3. The van der Waals surface area contributed by atoms with E-state index in [2.05, 4.69) is 5.32 Å². The molecule has 0 saturated carbocycles. The van der Waals surface area contributed by atoms with Gasteiger partial charge in [0.2, 0.25) is 0 Å². The molecule has 90 valence electrons. The number of aromatic hydroxyl groups is 1. The van der Waals surface area contributed by atoms with Gasteiger partial charge < -0.3 is 15.5 Å². The highest BCUT2D eigenvalue weighted by atomic mass is 16.3. The highest BCUT2D eigenvalue weighted by Gasteiger charge is 2.33. The van der Waals surface area contributed by atoms with Crippen LogP contribution < -0.4 is 5.32 Å². The van der Waals surface area contributed by atoms with Gasteiger partial charge in [-0.15, -0.1) is 0 Å². The summed E-state index contributed by atoms with van der Waals surface area (Å²) in [6, 6.07) is 6.87. The van der Waals surface area contributed by atoms with Crippen molar-refractivity contribution in [2.45, 2.75) is 25.9 Å². The number of nitrogens with one attached hydrogen (secondary N) is 1. The largest absolute Gasteiger partial charge is 0.508 e. The Labute approximate surface area is 97.1 Å². The number of hydrogen-bond donors (Lipinski definition) is 3. The molecule has 0 aliphatic heterocycles. The Balaban J connectivity index is 3.04. The van der Waals surface area contributed by atoms with Crippen molar-refractivity contribution in [2.24, 2.45) is 5.92 Å². The highest BCUT2D eigenvalue weighted by Crippen LogP contribution is 2.34. The summed E-state index contributed by atoms with van der Waals surface area (Å²) in [5.74, 6) is 0.283. The number of hydrogen-bond acceptors (Lipinski definition) is 3. The van der Waals surface area contributed by atoms with Gasteiger partial charge in [-0.05, 0) is 31.2 Å². The molecule has 0 saturated heterocycles. The predicted molar refractivity (Wildman–Crippen MR) is 65.4 cm³/mol. The molecule has 0 aromatic heterocycles. The van der Waals surface area contributed by atoms with E-state index in [0.717, 1.165) is 12.1 Å². The molecule has 0 aliphatic carbocycles. The van der Waals surface area contributed by atoms with Gasteiger partial charge in [0.25, 0.3) is 0 Å². The third-order valence-corrected chi connectivity index (χ3v) is 3.21. The second-order valence-corrected chi connectivity index (χ2v) is 4.29. The van der Waals surface area contributed by atoms with Gasteiger partial charge in [0.05, 0.1) is 5.60 Å². The average molecular weight is 223 g/mol. The van der Waals surface area contributed by atoms with Crippen LogP contribution in [-0.4, -0.2) is 23.8 Å². The first kappa shape index (κ1) is 13.0. The van der Waals surface area contributed by atoms with Crippen LogP contribution in [0.2, 0.25) is 0 Å². The SMILES string of the molecule is CCC(O)(c1cccc(O)c1)C(C)CNC. The van der Waals surface area contributed by atoms with Gasteiger partial charge in [-0.3, -0.25) is 0 Å². The second kappa shape index (κ2) is 5.32. The van der Waals surface area contributed by atoms with Gasteiger partial charge in [-0.1, -0.05) is 26.0 Å². The third-order valence-electron chi connectivity index (χ3n) is 3.21. The highest BCUT2D eigenvalue weighted by molar-refractivity contribution is 5.31. The van der Waals surface area contributed by atoms with Crippen molar-refractivity contribution in [2.75, 3.05) is 13.6 Å². The van der Waals surface area contributed by atoms with Crippen molar-refractivity contribution < 1.29 is 10.2 Å². The monoisotopic (exact) mass is 223 g/mol. The zero-order chi connectivity index (χ0) is 12.2. The lowest BCUT2D eigenvalue weighted by Crippen LogP contribution is -2.38. The summed E-state index contributed by atoms with van der Waals surface area (Å²) in [7, 11) is 1.87.